The fourth-order valence-electron chi connectivity index (χ4n) is 3.00. The van der Waals surface area contributed by atoms with Crippen LogP contribution >= 0.6 is 0 Å². The van der Waals surface area contributed by atoms with E-state index in [9.17, 15) is 4.79 Å². The summed E-state index contributed by atoms with van der Waals surface area (Å²) in [6.07, 6.45) is 3.20. The summed E-state index contributed by atoms with van der Waals surface area (Å²) < 4.78 is 2.25. The normalized spacial score (nSPS) is 22.4. The Morgan fingerprint density at radius 2 is 2.21 bits per heavy atom. The quantitative estimate of drug-likeness (QED) is 0.919. The topological polar surface area (TPSA) is 55.1 Å². The lowest BCUT2D eigenvalue weighted by Gasteiger charge is -2.35. The highest BCUT2D eigenvalue weighted by atomic mass is 16.4. The third-order valence-corrected chi connectivity index (χ3v) is 4.04. The molecular formula is C15H18N2O2. The van der Waals surface area contributed by atoms with Gasteiger partial charge in [-0.25, -0.2) is 9.78 Å². The zero-order valence-electron chi connectivity index (χ0n) is 11.3. The third kappa shape index (κ3) is 1.91. The summed E-state index contributed by atoms with van der Waals surface area (Å²) in [6.45, 7) is 4.35. The average Bonchev–Trinajstić information content (AvgIpc) is 2.72. The standard InChI is InChI=1S/C15H18N2O2/c1-3-14-16-12-5-4-10(15(18)19)8-13(12)17(14)11-6-9(2)7-11/h4-5,8-9,11H,3,6-7H2,1-2H3,(H,18,19). The number of carbonyl (C=O) groups is 1. The first kappa shape index (κ1) is 12.2. The second kappa shape index (κ2) is 4.37. The van der Waals surface area contributed by atoms with Gasteiger partial charge in [0.1, 0.15) is 5.82 Å². The van der Waals surface area contributed by atoms with Gasteiger partial charge in [0.15, 0.2) is 0 Å². The van der Waals surface area contributed by atoms with Crippen molar-refractivity contribution in [2.45, 2.75) is 39.2 Å². The smallest absolute Gasteiger partial charge is 0.335 e. The number of benzene rings is 1. The van der Waals surface area contributed by atoms with Crippen LogP contribution < -0.4 is 0 Å². The highest BCUT2D eigenvalue weighted by Gasteiger charge is 2.29. The van der Waals surface area contributed by atoms with Crippen molar-refractivity contribution in [1.29, 1.82) is 0 Å². The molecule has 1 fully saturated rings. The molecule has 0 radical (unpaired) electrons. The Bertz CT molecular complexity index is 639. The van der Waals surface area contributed by atoms with Crippen molar-refractivity contribution in [2.75, 3.05) is 0 Å². The number of aromatic nitrogens is 2. The summed E-state index contributed by atoms with van der Waals surface area (Å²) in [5.74, 6) is 0.943. The molecule has 0 atom stereocenters. The molecule has 1 aromatic heterocycles. The summed E-state index contributed by atoms with van der Waals surface area (Å²) in [5.41, 5.74) is 2.21. The fraction of sp³-hybridized carbons (Fsp3) is 0.467. The van der Waals surface area contributed by atoms with E-state index in [1.165, 1.54) is 0 Å². The number of hydrogen-bond donors (Lipinski definition) is 1. The van der Waals surface area contributed by atoms with Gasteiger partial charge in [-0.15, -0.1) is 0 Å². The Morgan fingerprint density at radius 1 is 1.47 bits per heavy atom. The van der Waals surface area contributed by atoms with Gasteiger partial charge in [-0.1, -0.05) is 13.8 Å². The van der Waals surface area contributed by atoms with Crippen molar-refractivity contribution in [2.24, 2.45) is 5.92 Å². The lowest BCUT2D eigenvalue weighted by molar-refractivity contribution is 0.0697. The summed E-state index contributed by atoms with van der Waals surface area (Å²) in [7, 11) is 0. The third-order valence-electron chi connectivity index (χ3n) is 4.04. The van der Waals surface area contributed by atoms with Crippen LogP contribution in [0.5, 0.6) is 0 Å². The van der Waals surface area contributed by atoms with Crippen LogP contribution in [0, 0.1) is 5.92 Å². The Kier molecular flexibility index (Phi) is 2.81. The molecule has 0 aliphatic heterocycles. The highest BCUT2D eigenvalue weighted by molar-refractivity contribution is 5.92. The van der Waals surface area contributed by atoms with E-state index in [4.69, 9.17) is 5.11 Å². The van der Waals surface area contributed by atoms with E-state index in [-0.39, 0.29) is 0 Å². The van der Waals surface area contributed by atoms with E-state index in [0.29, 0.717) is 11.6 Å². The van der Waals surface area contributed by atoms with E-state index in [1.54, 1.807) is 12.1 Å². The van der Waals surface area contributed by atoms with Gasteiger partial charge in [0.05, 0.1) is 16.6 Å². The van der Waals surface area contributed by atoms with Crippen molar-refractivity contribution in [3.63, 3.8) is 0 Å². The number of hydrogen-bond acceptors (Lipinski definition) is 2. The van der Waals surface area contributed by atoms with Crippen LogP contribution in [0.25, 0.3) is 11.0 Å². The van der Waals surface area contributed by atoms with Crippen molar-refractivity contribution >= 4 is 17.0 Å². The Morgan fingerprint density at radius 3 is 2.79 bits per heavy atom. The van der Waals surface area contributed by atoms with Crippen LogP contribution in [0.1, 0.15) is 48.9 Å². The fourth-order valence-corrected chi connectivity index (χ4v) is 3.00. The Balaban J connectivity index is 2.15. The van der Waals surface area contributed by atoms with Gasteiger partial charge >= 0.3 is 5.97 Å². The monoisotopic (exact) mass is 258 g/mol. The number of carboxylic acid groups (broad SMARTS) is 1. The van der Waals surface area contributed by atoms with Crippen LogP contribution in [-0.4, -0.2) is 20.6 Å². The van der Waals surface area contributed by atoms with Crippen LogP contribution in [0.2, 0.25) is 0 Å². The lowest BCUT2D eigenvalue weighted by Crippen LogP contribution is -2.26. The number of carboxylic acids is 1. The molecule has 1 saturated carbocycles. The van der Waals surface area contributed by atoms with Crippen molar-refractivity contribution < 1.29 is 9.90 Å². The molecule has 1 aliphatic rings. The molecule has 2 aromatic rings. The minimum atomic E-state index is -0.880. The minimum absolute atomic E-state index is 0.337. The van der Waals surface area contributed by atoms with Crippen LogP contribution in [0.4, 0.5) is 0 Å². The van der Waals surface area contributed by atoms with Gasteiger partial charge < -0.3 is 9.67 Å². The number of imidazole rings is 1. The molecule has 19 heavy (non-hydrogen) atoms. The number of aryl methyl sites for hydroxylation is 1. The van der Waals surface area contributed by atoms with Gasteiger partial charge in [0, 0.05) is 12.5 Å². The molecule has 0 bridgehead atoms. The molecular weight excluding hydrogens is 240 g/mol. The average molecular weight is 258 g/mol. The maximum absolute atomic E-state index is 11.1. The maximum Gasteiger partial charge on any atom is 0.335 e. The van der Waals surface area contributed by atoms with E-state index in [0.717, 1.165) is 42.0 Å². The van der Waals surface area contributed by atoms with Gasteiger partial charge in [-0.2, -0.15) is 0 Å². The molecule has 0 amide bonds. The molecule has 4 heteroatoms. The minimum Gasteiger partial charge on any atom is -0.478 e. The Labute approximate surface area is 112 Å². The zero-order valence-corrected chi connectivity index (χ0v) is 11.3. The predicted octanol–water partition coefficient (Wildman–Crippen LogP) is 3.27. The molecule has 100 valence electrons. The molecule has 4 nitrogen and oxygen atoms in total. The van der Waals surface area contributed by atoms with E-state index in [2.05, 4.69) is 23.4 Å². The summed E-state index contributed by atoms with van der Waals surface area (Å²) in [6, 6.07) is 5.69. The van der Waals surface area contributed by atoms with Gasteiger partial charge in [-0.3, -0.25) is 0 Å². The lowest BCUT2D eigenvalue weighted by atomic mass is 9.81. The SMILES string of the molecule is CCc1nc2ccc(C(=O)O)cc2n1C1CC(C)C1. The molecule has 1 heterocycles. The number of rotatable bonds is 3. The highest BCUT2D eigenvalue weighted by Crippen LogP contribution is 2.40. The number of fused-ring (bicyclic) bond motifs is 1. The van der Waals surface area contributed by atoms with Crippen LogP contribution in [-0.2, 0) is 6.42 Å². The maximum atomic E-state index is 11.1. The summed E-state index contributed by atoms with van der Waals surface area (Å²) in [5, 5.41) is 9.12. The Hall–Kier alpha value is -1.84. The van der Waals surface area contributed by atoms with Gasteiger partial charge in [-0.05, 0) is 37.0 Å². The van der Waals surface area contributed by atoms with Crippen LogP contribution in [0.3, 0.4) is 0 Å². The molecule has 3 rings (SSSR count). The largest absolute Gasteiger partial charge is 0.478 e. The van der Waals surface area contributed by atoms with Crippen LogP contribution in [0.15, 0.2) is 18.2 Å². The number of nitrogens with zero attached hydrogens (tertiary/aromatic N) is 2. The molecule has 0 saturated heterocycles. The molecule has 1 aromatic carbocycles. The predicted molar refractivity (Wildman–Crippen MR) is 73.5 cm³/mol. The summed E-state index contributed by atoms with van der Waals surface area (Å²) in [4.78, 5) is 15.7. The summed E-state index contributed by atoms with van der Waals surface area (Å²) >= 11 is 0. The first-order valence-electron chi connectivity index (χ1n) is 6.84. The number of aromatic carboxylic acids is 1. The van der Waals surface area contributed by atoms with Gasteiger partial charge in [0.2, 0.25) is 0 Å². The molecule has 0 spiro atoms. The van der Waals surface area contributed by atoms with E-state index >= 15 is 0 Å². The second-order valence-corrected chi connectivity index (χ2v) is 5.49. The first-order chi connectivity index (χ1) is 9.10. The molecule has 0 unspecified atom stereocenters. The van der Waals surface area contributed by atoms with E-state index < -0.39 is 5.97 Å². The first-order valence-corrected chi connectivity index (χ1v) is 6.84. The second-order valence-electron chi connectivity index (χ2n) is 5.49. The molecule has 1 aliphatic carbocycles. The van der Waals surface area contributed by atoms with Gasteiger partial charge in [0.25, 0.3) is 0 Å². The van der Waals surface area contributed by atoms with Crippen molar-refractivity contribution in [3.8, 4) is 0 Å². The van der Waals surface area contributed by atoms with Crippen molar-refractivity contribution in [3.05, 3.63) is 29.6 Å². The molecule has 1 N–H and O–H groups in total. The van der Waals surface area contributed by atoms with E-state index in [1.807, 2.05) is 6.07 Å². The zero-order chi connectivity index (χ0) is 13.6. The van der Waals surface area contributed by atoms with Crippen molar-refractivity contribution in [1.82, 2.24) is 9.55 Å².